The van der Waals surface area contributed by atoms with Crippen LogP contribution in [0.1, 0.15) is 42.9 Å². The van der Waals surface area contributed by atoms with Gasteiger partial charge < -0.3 is 15.0 Å². The number of anilines is 1. The molecule has 1 aliphatic heterocycles. The van der Waals surface area contributed by atoms with Crippen LogP contribution in [0.2, 0.25) is 0 Å². The van der Waals surface area contributed by atoms with Crippen molar-refractivity contribution in [1.29, 1.82) is 0 Å². The molecular formula is C23H27FN2O2. The summed E-state index contributed by atoms with van der Waals surface area (Å²) in [5, 5.41) is 2.64. The van der Waals surface area contributed by atoms with Crippen LogP contribution in [0.4, 0.5) is 10.1 Å². The van der Waals surface area contributed by atoms with Gasteiger partial charge in [-0.25, -0.2) is 4.39 Å². The van der Waals surface area contributed by atoms with E-state index in [1.54, 1.807) is 0 Å². The summed E-state index contributed by atoms with van der Waals surface area (Å²) in [6, 6.07) is 16.5. The van der Waals surface area contributed by atoms with Gasteiger partial charge in [0.25, 0.3) is 5.91 Å². The van der Waals surface area contributed by atoms with Gasteiger partial charge in [-0.05, 0) is 61.1 Å². The second-order valence-corrected chi connectivity index (χ2v) is 7.94. The first-order valence-electron chi connectivity index (χ1n) is 10.1. The number of benzene rings is 2. The number of nitrogens with zero attached hydrogens (tertiary/aromatic N) is 1. The van der Waals surface area contributed by atoms with Crippen LogP contribution in [0.15, 0.2) is 48.5 Å². The van der Waals surface area contributed by atoms with E-state index in [9.17, 15) is 9.18 Å². The average molecular weight is 382 g/mol. The number of nitrogens with one attached hydrogen (secondary N) is 1. The molecule has 1 saturated heterocycles. The maximum absolute atomic E-state index is 12.3. The maximum atomic E-state index is 12.3. The number of carbonyl (C=O) groups is 1. The van der Waals surface area contributed by atoms with E-state index >= 15 is 0 Å². The Morgan fingerprint density at radius 2 is 1.82 bits per heavy atom. The minimum absolute atomic E-state index is 0.184. The van der Waals surface area contributed by atoms with Crippen molar-refractivity contribution in [3.8, 4) is 5.75 Å². The van der Waals surface area contributed by atoms with Gasteiger partial charge in [-0.15, -0.1) is 0 Å². The molecule has 1 heterocycles. The molecular weight excluding hydrogens is 355 g/mol. The number of halogens is 1. The third kappa shape index (κ3) is 4.46. The van der Waals surface area contributed by atoms with E-state index in [0.29, 0.717) is 5.92 Å². The van der Waals surface area contributed by atoms with E-state index < -0.39 is 12.6 Å². The average Bonchev–Trinajstić information content (AvgIpc) is 3.51. The molecule has 1 N–H and O–H groups in total. The normalized spacial score (nSPS) is 17.7. The first-order valence-corrected chi connectivity index (χ1v) is 10.1. The van der Waals surface area contributed by atoms with E-state index in [1.807, 2.05) is 19.1 Å². The first-order chi connectivity index (χ1) is 13.6. The molecule has 148 valence electrons. The van der Waals surface area contributed by atoms with Crippen molar-refractivity contribution in [2.45, 2.75) is 31.7 Å². The fourth-order valence-electron chi connectivity index (χ4n) is 3.57. The molecule has 2 aromatic rings. The lowest BCUT2D eigenvalue weighted by molar-refractivity contribution is -0.122. The fraction of sp³-hybridized carbons (Fsp3) is 0.435. The highest BCUT2D eigenvalue weighted by Gasteiger charge is 2.28. The lowest BCUT2D eigenvalue weighted by Gasteiger charge is -2.41. The lowest BCUT2D eigenvalue weighted by atomic mass is 9.90. The largest absolute Gasteiger partial charge is 0.493 e. The zero-order chi connectivity index (χ0) is 19.5. The molecule has 1 atom stereocenters. The van der Waals surface area contributed by atoms with Crippen molar-refractivity contribution in [2.75, 3.05) is 31.3 Å². The molecule has 0 bridgehead atoms. The van der Waals surface area contributed by atoms with Gasteiger partial charge >= 0.3 is 0 Å². The molecule has 2 fully saturated rings. The Morgan fingerprint density at radius 1 is 1.14 bits per heavy atom. The minimum Gasteiger partial charge on any atom is -0.493 e. The summed E-state index contributed by atoms with van der Waals surface area (Å²) in [7, 11) is 0. The fourth-order valence-corrected chi connectivity index (χ4v) is 3.57. The van der Waals surface area contributed by atoms with Crippen LogP contribution in [0.3, 0.4) is 0 Å². The molecule has 1 saturated carbocycles. The molecule has 5 heteroatoms. The number of rotatable bonds is 8. The molecule has 0 unspecified atom stereocenters. The summed E-state index contributed by atoms with van der Waals surface area (Å²) >= 11 is 0. The van der Waals surface area contributed by atoms with Gasteiger partial charge in [-0.1, -0.05) is 24.3 Å². The van der Waals surface area contributed by atoms with Gasteiger partial charge in [-0.2, -0.15) is 0 Å². The first kappa shape index (κ1) is 18.8. The number of carbonyl (C=O) groups excluding carboxylic acids is 1. The Hall–Kier alpha value is -2.56. The Kier molecular flexibility index (Phi) is 5.51. The van der Waals surface area contributed by atoms with Crippen LogP contribution < -0.4 is 15.0 Å². The summed E-state index contributed by atoms with van der Waals surface area (Å²) < 4.78 is 18.1. The highest BCUT2D eigenvalue weighted by molar-refractivity contribution is 5.77. The molecule has 4 nitrogen and oxygen atoms in total. The Balaban J connectivity index is 1.27. The summed E-state index contributed by atoms with van der Waals surface area (Å²) in [6.07, 6.45) is 2.61. The van der Waals surface area contributed by atoms with Crippen LogP contribution in [-0.2, 0) is 4.79 Å². The topological polar surface area (TPSA) is 41.6 Å². The third-order valence-electron chi connectivity index (χ3n) is 5.67. The predicted octanol–water partition coefficient (Wildman–Crippen LogP) is 4.23. The van der Waals surface area contributed by atoms with Gasteiger partial charge in [0, 0.05) is 24.7 Å². The maximum Gasteiger partial charge on any atom is 0.251 e. The Bertz CT molecular complexity index is 796. The molecule has 1 aliphatic carbocycles. The molecule has 2 aliphatic rings. The number of ether oxygens (including phenoxy) is 1. The van der Waals surface area contributed by atoms with Crippen molar-refractivity contribution in [3.63, 3.8) is 0 Å². The van der Waals surface area contributed by atoms with Crippen LogP contribution in [0, 0.1) is 5.92 Å². The van der Waals surface area contributed by atoms with Crippen LogP contribution in [-0.4, -0.2) is 32.3 Å². The second-order valence-electron chi connectivity index (χ2n) is 7.94. The third-order valence-corrected chi connectivity index (χ3v) is 5.67. The summed E-state index contributed by atoms with van der Waals surface area (Å²) in [5.74, 6) is 1.66. The zero-order valence-electron chi connectivity index (χ0n) is 16.2. The Morgan fingerprint density at radius 3 is 2.43 bits per heavy atom. The minimum atomic E-state index is -0.978. The lowest BCUT2D eigenvalue weighted by Crippen LogP contribution is -2.45. The van der Waals surface area contributed by atoms with Crippen molar-refractivity contribution >= 4 is 11.6 Å². The monoisotopic (exact) mass is 382 g/mol. The van der Waals surface area contributed by atoms with Crippen molar-refractivity contribution in [2.24, 2.45) is 5.92 Å². The summed E-state index contributed by atoms with van der Waals surface area (Å²) in [5.41, 5.74) is 3.52. The molecule has 0 radical (unpaired) electrons. The number of hydrogen-bond donors (Lipinski definition) is 1. The molecule has 2 aromatic carbocycles. The predicted molar refractivity (Wildman–Crippen MR) is 109 cm³/mol. The number of hydrogen-bond acceptors (Lipinski definition) is 3. The van der Waals surface area contributed by atoms with E-state index in [2.05, 4.69) is 46.6 Å². The van der Waals surface area contributed by atoms with Crippen LogP contribution in [0.5, 0.6) is 5.75 Å². The smallest absolute Gasteiger partial charge is 0.251 e. The van der Waals surface area contributed by atoms with Gasteiger partial charge in [-0.3, -0.25) is 4.79 Å². The highest BCUT2D eigenvalue weighted by Crippen LogP contribution is 2.33. The number of alkyl halides is 1. The quantitative estimate of drug-likeness (QED) is 0.743. The van der Waals surface area contributed by atoms with E-state index in [0.717, 1.165) is 36.9 Å². The summed E-state index contributed by atoms with van der Waals surface area (Å²) in [4.78, 5) is 13.6. The van der Waals surface area contributed by atoms with Crippen molar-refractivity contribution in [1.82, 2.24) is 5.32 Å². The van der Waals surface area contributed by atoms with Gasteiger partial charge in [0.2, 0.25) is 0 Å². The van der Waals surface area contributed by atoms with Crippen molar-refractivity contribution in [3.05, 3.63) is 59.7 Å². The molecule has 28 heavy (non-hydrogen) atoms. The molecule has 0 aromatic heterocycles. The highest BCUT2D eigenvalue weighted by atomic mass is 19.1. The second kappa shape index (κ2) is 8.21. The van der Waals surface area contributed by atoms with Gasteiger partial charge in [0.1, 0.15) is 5.75 Å². The summed E-state index contributed by atoms with van der Waals surface area (Å²) in [6.45, 7) is 3.72. The van der Waals surface area contributed by atoms with E-state index in [-0.39, 0.29) is 6.04 Å². The number of amides is 1. The molecule has 4 rings (SSSR count). The van der Waals surface area contributed by atoms with Crippen LogP contribution in [0.25, 0.3) is 0 Å². The Labute approximate surface area is 165 Å². The SMILES string of the molecule is C[C@H](NC(=O)CF)c1ccc(C2CN(c3ccc(OCC4CC4)cc3)C2)cc1. The molecule has 1 amide bonds. The van der Waals surface area contributed by atoms with Crippen molar-refractivity contribution < 1.29 is 13.9 Å². The van der Waals surface area contributed by atoms with Gasteiger partial charge in [0.15, 0.2) is 6.67 Å². The molecule has 0 spiro atoms. The van der Waals surface area contributed by atoms with E-state index in [4.69, 9.17) is 4.74 Å². The zero-order valence-corrected chi connectivity index (χ0v) is 16.2. The van der Waals surface area contributed by atoms with Gasteiger partial charge in [0.05, 0.1) is 12.6 Å². The van der Waals surface area contributed by atoms with Crippen LogP contribution >= 0.6 is 0 Å². The standard InChI is InChI=1S/C23H27FN2O2/c1-16(25-23(27)12-24)18-4-6-19(7-5-18)20-13-26(14-20)21-8-10-22(11-9-21)28-15-17-2-3-17/h4-11,16-17,20H,2-3,12-15H2,1H3,(H,25,27)/t16-/m0/s1. The van der Waals surface area contributed by atoms with E-state index in [1.165, 1.54) is 24.1 Å².